The number of carbonyl (C=O) groups is 3. The Balaban J connectivity index is 1.22. The zero-order chi connectivity index (χ0) is 23.4. The molecule has 2 aliphatic rings. The molecule has 0 saturated carbocycles. The SMILES string of the molecule is CC(=O)c1ccc(N2CCN(C(=O)CN3CC[C@H](C(=O)Nc4ccc(O)cc4)C3)CC2)cc1. The molecule has 0 unspecified atom stereocenters. The van der Waals surface area contributed by atoms with E-state index in [9.17, 15) is 19.5 Å². The van der Waals surface area contributed by atoms with E-state index in [4.69, 9.17) is 0 Å². The fourth-order valence-electron chi connectivity index (χ4n) is 4.39. The number of hydrogen-bond acceptors (Lipinski definition) is 6. The molecule has 174 valence electrons. The van der Waals surface area contributed by atoms with E-state index in [1.165, 1.54) is 12.1 Å². The molecule has 2 aromatic rings. The highest BCUT2D eigenvalue weighted by Crippen LogP contribution is 2.21. The third kappa shape index (κ3) is 5.70. The van der Waals surface area contributed by atoms with Crippen LogP contribution in [0.15, 0.2) is 48.5 Å². The second-order valence-electron chi connectivity index (χ2n) is 8.73. The minimum Gasteiger partial charge on any atom is -0.508 e. The Hall–Kier alpha value is -3.39. The van der Waals surface area contributed by atoms with Crippen LogP contribution < -0.4 is 10.2 Å². The average molecular weight is 451 g/mol. The zero-order valence-electron chi connectivity index (χ0n) is 18.9. The quantitative estimate of drug-likeness (QED) is 0.518. The molecule has 0 radical (unpaired) electrons. The standard InChI is InChI=1S/C25H30N4O4/c1-18(30)19-2-6-22(7-3-19)28-12-14-29(15-13-28)24(32)17-27-11-10-20(16-27)25(33)26-21-4-8-23(31)9-5-21/h2-9,20,31H,10-17H2,1H3,(H,26,33)/t20-/m0/s1. The predicted molar refractivity (Wildman–Crippen MR) is 127 cm³/mol. The summed E-state index contributed by atoms with van der Waals surface area (Å²) in [6, 6.07) is 14.0. The van der Waals surface area contributed by atoms with Crippen molar-refractivity contribution in [3.8, 4) is 5.75 Å². The van der Waals surface area contributed by atoms with Crippen molar-refractivity contribution in [3.05, 3.63) is 54.1 Å². The number of likely N-dealkylation sites (tertiary alicyclic amines) is 1. The lowest BCUT2D eigenvalue weighted by atomic mass is 10.1. The van der Waals surface area contributed by atoms with Crippen molar-refractivity contribution < 1.29 is 19.5 Å². The first-order chi connectivity index (χ1) is 15.9. The molecule has 2 aliphatic heterocycles. The number of rotatable bonds is 6. The largest absolute Gasteiger partial charge is 0.508 e. The Morgan fingerprint density at radius 1 is 0.939 bits per heavy atom. The van der Waals surface area contributed by atoms with Crippen molar-refractivity contribution in [3.63, 3.8) is 0 Å². The van der Waals surface area contributed by atoms with Crippen LogP contribution in [-0.4, -0.2) is 78.3 Å². The van der Waals surface area contributed by atoms with Gasteiger partial charge in [-0.25, -0.2) is 0 Å². The minimum atomic E-state index is -0.151. The Morgan fingerprint density at radius 2 is 1.61 bits per heavy atom. The number of aromatic hydroxyl groups is 1. The van der Waals surface area contributed by atoms with Gasteiger partial charge in [0.05, 0.1) is 12.5 Å². The predicted octanol–water partition coefficient (Wildman–Crippen LogP) is 2.20. The third-order valence-electron chi connectivity index (χ3n) is 6.41. The molecule has 2 heterocycles. The second kappa shape index (κ2) is 10.0. The van der Waals surface area contributed by atoms with E-state index < -0.39 is 0 Å². The van der Waals surface area contributed by atoms with Crippen molar-refractivity contribution in [1.29, 1.82) is 0 Å². The number of hydrogen-bond donors (Lipinski definition) is 2. The topological polar surface area (TPSA) is 93.2 Å². The number of amides is 2. The van der Waals surface area contributed by atoms with Gasteiger partial charge in [0.25, 0.3) is 0 Å². The highest BCUT2D eigenvalue weighted by molar-refractivity contribution is 5.94. The van der Waals surface area contributed by atoms with Crippen LogP contribution in [0.3, 0.4) is 0 Å². The van der Waals surface area contributed by atoms with E-state index in [1.54, 1.807) is 19.1 Å². The molecule has 0 aromatic heterocycles. The number of piperazine rings is 1. The summed E-state index contributed by atoms with van der Waals surface area (Å²) in [6.07, 6.45) is 0.723. The highest BCUT2D eigenvalue weighted by Gasteiger charge is 2.31. The molecule has 0 spiro atoms. The molecule has 8 heteroatoms. The maximum absolute atomic E-state index is 12.8. The molecular formula is C25H30N4O4. The summed E-state index contributed by atoms with van der Waals surface area (Å²) in [5.41, 5.74) is 2.42. The maximum Gasteiger partial charge on any atom is 0.236 e. The zero-order valence-corrected chi connectivity index (χ0v) is 18.9. The van der Waals surface area contributed by atoms with Crippen molar-refractivity contribution in [2.75, 3.05) is 56.0 Å². The van der Waals surface area contributed by atoms with Gasteiger partial charge in [-0.1, -0.05) is 0 Å². The molecule has 4 rings (SSSR count). The van der Waals surface area contributed by atoms with Crippen LogP contribution in [0.2, 0.25) is 0 Å². The van der Waals surface area contributed by atoms with Gasteiger partial charge in [-0.05, 0) is 68.4 Å². The number of phenols is 1. The summed E-state index contributed by atoms with van der Waals surface area (Å²) >= 11 is 0. The molecule has 2 aromatic carbocycles. The first kappa shape index (κ1) is 22.8. The third-order valence-corrected chi connectivity index (χ3v) is 6.41. The lowest BCUT2D eigenvalue weighted by Gasteiger charge is -2.36. The molecule has 2 amide bonds. The molecule has 33 heavy (non-hydrogen) atoms. The van der Waals surface area contributed by atoms with Crippen molar-refractivity contribution in [2.24, 2.45) is 5.92 Å². The van der Waals surface area contributed by atoms with Crippen LogP contribution in [0.4, 0.5) is 11.4 Å². The van der Waals surface area contributed by atoms with Gasteiger partial charge < -0.3 is 20.2 Å². The van der Waals surface area contributed by atoms with E-state index in [2.05, 4.69) is 15.1 Å². The summed E-state index contributed by atoms with van der Waals surface area (Å²) in [5, 5.41) is 12.2. The van der Waals surface area contributed by atoms with E-state index in [0.29, 0.717) is 37.4 Å². The van der Waals surface area contributed by atoms with Crippen LogP contribution in [-0.2, 0) is 9.59 Å². The average Bonchev–Trinajstić information content (AvgIpc) is 3.29. The smallest absolute Gasteiger partial charge is 0.236 e. The molecular weight excluding hydrogens is 420 g/mol. The number of phenolic OH excluding ortho intramolecular Hbond substituents is 1. The highest BCUT2D eigenvalue weighted by atomic mass is 16.3. The molecule has 2 fully saturated rings. The minimum absolute atomic E-state index is 0.0546. The van der Waals surface area contributed by atoms with Gasteiger partial charge in [0, 0.05) is 49.7 Å². The summed E-state index contributed by atoms with van der Waals surface area (Å²) in [5.74, 6) is 0.104. The number of nitrogens with one attached hydrogen (secondary N) is 1. The summed E-state index contributed by atoms with van der Waals surface area (Å²) in [7, 11) is 0. The van der Waals surface area contributed by atoms with Gasteiger partial charge in [0.1, 0.15) is 5.75 Å². The fraction of sp³-hybridized carbons (Fsp3) is 0.400. The first-order valence-corrected chi connectivity index (χ1v) is 11.3. The number of ketones is 1. The summed E-state index contributed by atoms with van der Waals surface area (Å²) in [6.45, 7) is 6.00. The Morgan fingerprint density at radius 3 is 2.24 bits per heavy atom. The van der Waals surface area contributed by atoms with Crippen molar-refractivity contribution >= 4 is 29.0 Å². The number of nitrogens with zero attached hydrogens (tertiary/aromatic N) is 3. The van der Waals surface area contributed by atoms with Crippen molar-refractivity contribution in [2.45, 2.75) is 13.3 Å². The molecule has 0 bridgehead atoms. The van der Waals surface area contributed by atoms with E-state index in [1.807, 2.05) is 29.2 Å². The number of anilines is 2. The number of Topliss-reactive ketones (excluding diaryl/α,β-unsaturated/α-hetero) is 1. The van der Waals surface area contributed by atoms with Gasteiger partial charge in [0.15, 0.2) is 5.78 Å². The Labute approximate surface area is 193 Å². The number of carbonyl (C=O) groups excluding carboxylic acids is 3. The van der Waals surface area contributed by atoms with Crippen LogP contribution in [0.5, 0.6) is 5.75 Å². The van der Waals surface area contributed by atoms with Crippen molar-refractivity contribution in [1.82, 2.24) is 9.80 Å². The first-order valence-electron chi connectivity index (χ1n) is 11.3. The monoisotopic (exact) mass is 450 g/mol. The summed E-state index contributed by atoms with van der Waals surface area (Å²) < 4.78 is 0. The molecule has 2 saturated heterocycles. The van der Waals surface area contributed by atoms with Gasteiger partial charge in [-0.3, -0.25) is 19.3 Å². The van der Waals surface area contributed by atoms with Crippen LogP contribution >= 0.6 is 0 Å². The fourth-order valence-corrected chi connectivity index (χ4v) is 4.39. The van der Waals surface area contributed by atoms with Gasteiger partial charge >= 0.3 is 0 Å². The molecule has 2 N–H and O–H groups in total. The Bertz CT molecular complexity index is 998. The van der Waals surface area contributed by atoms with E-state index in [-0.39, 0.29) is 29.3 Å². The molecule has 1 atom stereocenters. The molecule has 0 aliphatic carbocycles. The second-order valence-corrected chi connectivity index (χ2v) is 8.73. The molecule has 8 nitrogen and oxygen atoms in total. The van der Waals surface area contributed by atoms with E-state index >= 15 is 0 Å². The normalized spacial score (nSPS) is 18.9. The lowest BCUT2D eigenvalue weighted by Crippen LogP contribution is -2.51. The van der Waals surface area contributed by atoms with Gasteiger partial charge in [-0.15, -0.1) is 0 Å². The van der Waals surface area contributed by atoms with Crippen LogP contribution in [0.25, 0.3) is 0 Å². The maximum atomic E-state index is 12.8. The lowest BCUT2D eigenvalue weighted by molar-refractivity contribution is -0.132. The van der Waals surface area contributed by atoms with Crippen LogP contribution in [0, 0.1) is 5.92 Å². The van der Waals surface area contributed by atoms with Crippen LogP contribution in [0.1, 0.15) is 23.7 Å². The summed E-state index contributed by atoms with van der Waals surface area (Å²) in [4.78, 5) is 43.0. The van der Waals surface area contributed by atoms with E-state index in [0.717, 1.165) is 31.7 Å². The van der Waals surface area contributed by atoms with Gasteiger partial charge in [0.2, 0.25) is 11.8 Å². The number of benzene rings is 2. The Kier molecular flexibility index (Phi) is 6.93. The van der Waals surface area contributed by atoms with Gasteiger partial charge in [-0.2, -0.15) is 0 Å².